The molecule has 1 aliphatic rings. The monoisotopic (exact) mass is 553 g/mol. The van der Waals surface area contributed by atoms with Crippen molar-refractivity contribution in [2.45, 2.75) is 77.7 Å². The fourth-order valence-electron chi connectivity index (χ4n) is 5.11. The van der Waals surface area contributed by atoms with Crippen LogP contribution in [-0.4, -0.2) is 53.2 Å². The maximum atomic E-state index is 11.1. The van der Waals surface area contributed by atoms with Crippen LogP contribution in [0.1, 0.15) is 69.1 Å². The first kappa shape index (κ1) is 33.0. The maximum Gasteiger partial charge on any atom is 0.221 e. The van der Waals surface area contributed by atoms with Crippen LogP contribution in [0.15, 0.2) is 36.4 Å². The number of phenols is 2. The van der Waals surface area contributed by atoms with Crippen molar-refractivity contribution in [3.05, 3.63) is 53.1 Å². The topological polar surface area (TPSA) is 84.8 Å². The van der Waals surface area contributed by atoms with Gasteiger partial charge in [-0.05, 0) is 100 Å². The Morgan fingerprint density at radius 1 is 0.973 bits per heavy atom. The average molecular weight is 555 g/mol. The molecular weight excluding hydrogens is 509 g/mol. The second-order valence-electron chi connectivity index (χ2n) is 9.80. The molecule has 0 aromatic heterocycles. The van der Waals surface area contributed by atoms with E-state index in [-0.39, 0.29) is 42.2 Å². The van der Waals surface area contributed by atoms with Crippen LogP contribution in [0.2, 0.25) is 0 Å². The van der Waals surface area contributed by atoms with Crippen LogP contribution < -0.4 is 10.6 Å². The maximum absolute atomic E-state index is 11.1. The highest BCUT2D eigenvalue weighted by molar-refractivity contribution is 5.88. The zero-order chi connectivity index (χ0) is 25.0. The van der Waals surface area contributed by atoms with Gasteiger partial charge in [0.1, 0.15) is 0 Å². The lowest BCUT2D eigenvalue weighted by molar-refractivity contribution is -0.114. The van der Waals surface area contributed by atoms with Crippen LogP contribution in [0, 0.1) is 0 Å². The number of amides is 1. The second kappa shape index (κ2) is 17.5. The van der Waals surface area contributed by atoms with Gasteiger partial charge >= 0.3 is 0 Å². The van der Waals surface area contributed by atoms with Crippen molar-refractivity contribution in [1.82, 2.24) is 10.2 Å². The number of nitrogens with one attached hydrogen (secondary N) is 2. The van der Waals surface area contributed by atoms with E-state index in [0.717, 1.165) is 69.5 Å². The van der Waals surface area contributed by atoms with Gasteiger partial charge in [0.2, 0.25) is 5.91 Å². The molecule has 0 heterocycles. The SMILES string of the molecule is CCCN(CCCCCCNCCc1ccc(NC(C)=O)cc1)[C@H]1CCc2c(ccc(O)c2O)C1.Cl.Cl. The van der Waals surface area contributed by atoms with Crippen molar-refractivity contribution in [2.24, 2.45) is 0 Å². The third kappa shape index (κ3) is 10.7. The molecule has 2 aromatic rings. The van der Waals surface area contributed by atoms with Crippen LogP contribution in [0.5, 0.6) is 11.5 Å². The van der Waals surface area contributed by atoms with E-state index in [1.807, 2.05) is 18.2 Å². The summed E-state index contributed by atoms with van der Waals surface area (Å²) in [4.78, 5) is 13.7. The largest absolute Gasteiger partial charge is 0.504 e. The lowest BCUT2D eigenvalue weighted by atomic mass is 9.86. The van der Waals surface area contributed by atoms with Gasteiger partial charge in [-0.25, -0.2) is 0 Å². The molecule has 0 saturated carbocycles. The lowest BCUT2D eigenvalue weighted by Gasteiger charge is -2.35. The number of anilines is 1. The van der Waals surface area contributed by atoms with Crippen molar-refractivity contribution in [2.75, 3.05) is 31.5 Å². The Labute approximate surface area is 235 Å². The first-order chi connectivity index (χ1) is 17.0. The van der Waals surface area contributed by atoms with Gasteiger partial charge in [-0.15, -0.1) is 24.8 Å². The number of carbonyl (C=O) groups excluding carboxylic acids is 1. The predicted molar refractivity (Wildman–Crippen MR) is 158 cm³/mol. The van der Waals surface area contributed by atoms with E-state index >= 15 is 0 Å². The van der Waals surface area contributed by atoms with Crippen LogP contribution in [0.4, 0.5) is 5.69 Å². The molecule has 1 amide bonds. The number of phenolic OH excluding ortho intramolecular Hbond substituents is 2. The highest BCUT2D eigenvalue weighted by Crippen LogP contribution is 2.36. The smallest absolute Gasteiger partial charge is 0.221 e. The standard InChI is InChI=1S/C29H43N3O3.2ClH/c1-3-19-32(26-13-14-27-24(21-26)10-15-28(34)29(27)35)20-7-5-4-6-17-30-18-16-23-8-11-25(12-9-23)31-22(2)33;;/h8-12,15,26,30,34-35H,3-7,13-14,16-21H2,1-2H3,(H,31,33);2*1H/t26-;;/m0../s1. The van der Waals surface area contributed by atoms with Crippen LogP contribution in [-0.2, 0) is 24.1 Å². The van der Waals surface area contributed by atoms with Gasteiger partial charge in [0.15, 0.2) is 11.5 Å². The summed E-state index contributed by atoms with van der Waals surface area (Å²) in [7, 11) is 0. The first-order valence-corrected chi connectivity index (χ1v) is 13.3. The highest BCUT2D eigenvalue weighted by atomic mass is 35.5. The summed E-state index contributed by atoms with van der Waals surface area (Å²) < 4.78 is 0. The number of rotatable bonds is 14. The number of nitrogens with zero attached hydrogens (tertiary/aromatic N) is 1. The summed E-state index contributed by atoms with van der Waals surface area (Å²) >= 11 is 0. The Kier molecular flexibility index (Phi) is 15.6. The van der Waals surface area contributed by atoms with Crippen LogP contribution in [0.25, 0.3) is 0 Å². The molecular formula is C29H45Cl2N3O3. The van der Waals surface area contributed by atoms with Gasteiger partial charge in [0.05, 0.1) is 0 Å². The van der Waals surface area contributed by atoms with Gasteiger partial charge in [-0.2, -0.15) is 0 Å². The molecule has 0 saturated heterocycles. The fraction of sp³-hybridized carbons (Fsp3) is 0.552. The van der Waals surface area contributed by atoms with Gasteiger partial charge in [-0.3, -0.25) is 4.79 Å². The number of carbonyl (C=O) groups is 1. The lowest BCUT2D eigenvalue weighted by Crippen LogP contribution is -2.40. The van der Waals surface area contributed by atoms with E-state index in [9.17, 15) is 15.0 Å². The zero-order valence-electron chi connectivity index (χ0n) is 22.3. The summed E-state index contributed by atoms with van der Waals surface area (Å²) in [5.41, 5.74) is 4.25. The second-order valence-corrected chi connectivity index (χ2v) is 9.80. The molecule has 0 radical (unpaired) electrons. The minimum absolute atomic E-state index is 0. The minimum Gasteiger partial charge on any atom is -0.504 e. The van der Waals surface area contributed by atoms with Gasteiger partial charge in [0, 0.05) is 24.2 Å². The number of halogens is 2. The van der Waals surface area contributed by atoms with Gasteiger partial charge in [0.25, 0.3) is 0 Å². The third-order valence-corrected chi connectivity index (χ3v) is 6.98. The normalized spacial score (nSPS) is 14.4. The molecule has 0 fully saturated rings. The van der Waals surface area contributed by atoms with Gasteiger partial charge < -0.3 is 25.7 Å². The number of hydrogen-bond acceptors (Lipinski definition) is 5. The Morgan fingerprint density at radius 3 is 2.41 bits per heavy atom. The van der Waals surface area contributed by atoms with Crippen molar-refractivity contribution in [3.63, 3.8) is 0 Å². The molecule has 0 bridgehead atoms. The molecule has 0 aliphatic heterocycles. The molecule has 0 spiro atoms. The highest BCUT2D eigenvalue weighted by Gasteiger charge is 2.26. The number of hydrogen-bond donors (Lipinski definition) is 4. The summed E-state index contributed by atoms with van der Waals surface area (Å²) in [6.45, 7) is 8.06. The fourth-order valence-corrected chi connectivity index (χ4v) is 5.11. The Hall–Kier alpha value is -1.99. The van der Waals surface area contributed by atoms with E-state index in [1.54, 1.807) is 6.07 Å². The number of unbranched alkanes of at least 4 members (excludes halogenated alkanes) is 3. The zero-order valence-corrected chi connectivity index (χ0v) is 23.9. The van der Waals surface area contributed by atoms with E-state index in [1.165, 1.54) is 43.7 Å². The predicted octanol–water partition coefficient (Wildman–Crippen LogP) is 5.86. The number of benzene rings is 2. The number of fused-ring (bicyclic) bond motifs is 1. The van der Waals surface area contributed by atoms with E-state index < -0.39 is 0 Å². The molecule has 37 heavy (non-hydrogen) atoms. The molecule has 1 atom stereocenters. The molecule has 1 aliphatic carbocycles. The quantitative estimate of drug-likeness (QED) is 0.174. The summed E-state index contributed by atoms with van der Waals surface area (Å²) in [6.07, 6.45) is 9.93. The van der Waals surface area contributed by atoms with Crippen molar-refractivity contribution in [1.29, 1.82) is 0 Å². The summed E-state index contributed by atoms with van der Waals surface area (Å²) in [5, 5.41) is 26.3. The molecule has 208 valence electrons. The third-order valence-electron chi connectivity index (χ3n) is 6.98. The Morgan fingerprint density at radius 2 is 1.70 bits per heavy atom. The Bertz CT molecular complexity index is 941. The molecule has 4 N–H and O–H groups in total. The van der Waals surface area contributed by atoms with Gasteiger partial charge in [-0.1, -0.05) is 38.0 Å². The summed E-state index contributed by atoms with van der Waals surface area (Å²) in [5.74, 6) is 0.0382. The van der Waals surface area contributed by atoms with Crippen molar-refractivity contribution in [3.8, 4) is 11.5 Å². The van der Waals surface area contributed by atoms with E-state index in [0.29, 0.717) is 6.04 Å². The average Bonchev–Trinajstić information content (AvgIpc) is 2.85. The molecule has 2 aromatic carbocycles. The van der Waals surface area contributed by atoms with Crippen molar-refractivity contribution < 1.29 is 15.0 Å². The van der Waals surface area contributed by atoms with E-state index in [2.05, 4.69) is 34.6 Å². The van der Waals surface area contributed by atoms with Crippen LogP contribution >= 0.6 is 24.8 Å². The molecule has 0 unspecified atom stereocenters. The Balaban J connectivity index is 0.00000342. The molecule has 8 heteroatoms. The van der Waals surface area contributed by atoms with E-state index in [4.69, 9.17) is 0 Å². The molecule has 6 nitrogen and oxygen atoms in total. The van der Waals surface area contributed by atoms with Crippen molar-refractivity contribution >= 4 is 36.4 Å². The molecule has 3 rings (SSSR count). The summed E-state index contributed by atoms with van der Waals surface area (Å²) in [6, 6.07) is 12.2. The van der Waals surface area contributed by atoms with Crippen LogP contribution in [0.3, 0.4) is 0 Å². The first-order valence-electron chi connectivity index (χ1n) is 13.3. The number of aromatic hydroxyl groups is 2. The minimum atomic E-state index is -0.0414.